The summed E-state index contributed by atoms with van der Waals surface area (Å²) in [6, 6.07) is 1.23. The molecule has 0 aliphatic carbocycles. The first-order chi connectivity index (χ1) is 9.77. The lowest BCUT2D eigenvalue weighted by molar-refractivity contribution is 0.0595. The number of rotatable bonds is 2. The van der Waals surface area contributed by atoms with E-state index in [9.17, 15) is 9.18 Å². The van der Waals surface area contributed by atoms with Crippen molar-refractivity contribution in [2.45, 2.75) is 25.3 Å². The summed E-state index contributed by atoms with van der Waals surface area (Å²) >= 11 is 0. The molecule has 0 unspecified atom stereocenters. The quantitative estimate of drug-likeness (QED) is 0.905. The Morgan fingerprint density at radius 3 is 3.10 bits per heavy atom. The van der Waals surface area contributed by atoms with E-state index in [2.05, 4.69) is 20.2 Å². The topological polar surface area (TPSA) is 74.8 Å². The highest BCUT2D eigenvalue weighted by Gasteiger charge is 2.31. The van der Waals surface area contributed by atoms with E-state index in [4.69, 9.17) is 0 Å². The highest BCUT2D eigenvalue weighted by Crippen LogP contribution is 2.30. The SMILES string of the molecule is O=C(c1ccncc1F)N1CCCC[C@H]1c1ncn[nH]1. The Morgan fingerprint density at radius 1 is 1.45 bits per heavy atom. The maximum absolute atomic E-state index is 13.7. The standard InChI is InChI=1S/C13H14FN5O/c14-10-7-15-5-4-9(10)13(20)19-6-2-1-3-11(19)12-16-8-17-18-12/h4-5,7-8,11H,1-3,6H2,(H,16,17,18)/t11-/m0/s1. The van der Waals surface area contributed by atoms with Gasteiger partial charge in [-0.05, 0) is 25.3 Å². The van der Waals surface area contributed by atoms with Gasteiger partial charge in [0.25, 0.3) is 5.91 Å². The van der Waals surface area contributed by atoms with Gasteiger partial charge in [-0.2, -0.15) is 5.10 Å². The maximum Gasteiger partial charge on any atom is 0.257 e. The number of halogens is 1. The monoisotopic (exact) mass is 275 g/mol. The van der Waals surface area contributed by atoms with E-state index in [-0.39, 0.29) is 17.5 Å². The van der Waals surface area contributed by atoms with Crippen molar-refractivity contribution >= 4 is 5.91 Å². The van der Waals surface area contributed by atoms with Gasteiger partial charge in [0.2, 0.25) is 0 Å². The molecule has 3 rings (SSSR count). The number of carbonyl (C=O) groups excluding carboxylic acids is 1. The largest absolute Gasteiger partial charge is 0.328 e. The predicted octanol–water partition coefficient (Wildman–Crippen LogP) is 1.71. The summed E-state index contributed by atoms with van der Waals surface area (Å²) in [4.78, 5) is 22.0. The van der Waals surface area contributed by atoms with Crippen LogP contribution in [0.2, 0.25) is 0 Å². The molecule has 1 atom stereocenters. The number of amides is 1. The number of H-pyrrole nitrogens is 1. The summed E-state index contributed by atoms with van der Waals surface area (Å²) in [5.41, 5.74) is 0.0476. The third-order valence-corrected chi connectivity index (χ3v) is 3.52. The van der Waals surface area contributed by atoms with Crippen LogP contribution >= 0.6 is 0 Å². The van der Waals surface area contributed by atoms with E-state index < -0.39 is 5.82 Å². The van der Waals surface area contributed by atoms with Crippen LogP contribution in [0.1, 0.15) is 41.5 Å². The van der Waals surface area contributed by atoms with E-state index >= 15 is 0 Å². The zero-order chi connectivity index (χ0) is 13.9. The van der Waals surface area contributed by atoms with E-state index in [0.717, 1.165) is 25.5 Å². The molecule has 1 saturated heterocycles. The molecule has 0 spiro atoms. The first kappa shape index (κ1) is 12.7. The molecule has 0 radical (unpaired) electrons. The second-order valence-corrected chi connectivity index (χ2v) is 4.74. The van der Waals surface area contributed by atoms with Crippen LogP contribution in [0.15, 0.2) is 24.8 Å². The van der Waals surface area contributed by atoms with Crippen LogP contribution in [0.25, 0.3) is 0 Å². The normalized spacial score (nSPS) is 19.1. The third-order valence-electron chi connectivity index (χ3n) is 3.52. The molecule has 20 heavy (non-hydrogen) atoms. The Labute approximate surface area is 115 Å². The molecule has 2 aromatic heterocycles. The maximum atomic E-state index is 13.7. The van der Waals surface area contributed by atoms with Crippen molar-refractivity contribution in [1.29, 1.82) is 0 Å². The number of likely N-dealkylation sites (tertiary alicyclic amines) is 1. The van der Waals surface area contributed by atoms with Crippen LogP contribution in [-0.4, -0.2) is 37.5 Å². The summed E-state index contributed by atoms with van der Waals surface area (Å²) in [7, 11) is 0. The minimum absolute atomic E-state index is 0.0476. The smallest absolute Gasteiger partial charge is 0.257 e. The van der Waals surface area contributed by atoms with Crippen LogP contribution in [0.5, 0.6) is 0 Å². The number of hydrogen-bond acceptors (Lipinski definition) is 4. The molecule has 6 nitrogen and oxygen atoms in total. The fourth-order valence-electron chi connectivity index (χ4n) is 2.54. The van der Waals surface area contributed by atoms with Crippen LogP contribution < -0.4 is 0 Å². The van der Waals surface area contributed by atoms with E-state index in [1.165, 1.54) is 18.6 Å². The molecule has 7 heteroatoms. The number of aromatic nitrogens is 4. The molecule has 1 fully saturated rings. The van der Waals surface area contributed by atoms with Gasteiger partial charge < -0.3 is 4.90 Å². The Bertz CT molecular complexity index is 601. The molecule has 0 aromatic carbocycles. The minimum atomic E-state index is -0.598. The van der Waals surface area contributed by atoms with Crippen molar-refractivity contribution in [3.63, 3.8) is 0 Å². The average molecular weight is 275 g/mol. The molecule has 3 heterocycles. The highest BCUT2D eigenvalue weighted by molar-refractivity contribution is 5.94. The first-order valence-corrected chi connectivity index (χ1v) is 6.53. The summed E-state index contributed by atoms with van der Waals surface area (Å²) in [5.74, 6) is -0.280. The number of aromatic amines is 1. The highest BCUT2D eigenvalue weighted by atomic mass is 19.1. The van der Waals surface area contributed by atoms with Crippen molar-refractivity contribution in [3.8, 4) is 0 Å². The number of nitrogens with one attached hydrogen (secondary N) is 1. The molecular weight excluding hydrogens is 261 g/mol. The lowest BCUT2D eigenvalue weighted by Crippen LogP contribution is -2.39. The van der Waals surface area contributed by atoms with Gasteiger partial charge >= 0.3 is 0 Å². The van der Waals surface area contributed by atoms with Crippen LogP contribution in [0, 0.1) is 5.82 Å². The molecule has 0 bridgehead atoms. The molecule has 1 amide bonds. The van der Waals surface area contributed by atoms with Crippen LogP contribution in [-0.2, 0) is 0 Å². The van der Waals surface area contributed by atoms with E-state index in [0.29, 0.717) is 12.4 Å². The summed E-state index contributed by atoms with van der Waals surface area (Å²) in [6.45, 7) is 0.589. The predicted molar refractivity (Wildman–Crippen MR) is 68.2 cm³/mol. The van der Waals surface area contributed by atoms with Crippen LogP contribution in [0.3, 0.4) is 0 Å². The number of hydrogen-bond donors (Lipinski definition) is 1. The van der Waals surface area contributed by atoms with Gasteiger partial charge in [0.05, 0.1) is 17.8 Å². The van der Waals surface area contributed by atoms with E-state index in [1.54, 1.807) is 4.90 Å². The number of piperidine rings is 1. The Kier molecular flexibility index (Phi) is 3.41. The number of pyridine rings is 1. The third kappa shape index (κ3) is 2.26. The van der Waals surface area contributed by atoms with Crippen molar-refractivity contribution in [1.82, 2.24) is 25.1 Å². The summed E-state index contributed by atoms with van der Waals surface area (Å²) in [6.07, 6.45) is 6.61. The Hall–Kier alpha value is -2.31. The van der Waals surface area contributed by atoms with Gasteiger partial charge in [-0.15, -0.1) is 0 Å². The molecule has 1 aliphatic rings. The average Bonchev–Trinajstić information content (AvgIpc) is 3.01. The molecule has 104 valence electrons. The number of carbonyl (C=O) groups is 1. The zero-order valence-corrected chi connectivity index (χ0v) is 10.8. The fraction of sp³-hybridized carbons (Fsp3) is 0.385. The molecule has 1 N–H and O–H groups in total. The molecule has 2 aromatic rings. The second kappa shape index (κ2) is 5.36. The van der Waals surface area contributed by atoms with Gasteiger partial charge in [-0.25, -0.2) is 9.37 Å². The van der Waals surface area contributed by atoms with Crippen LogP contribution in [0.4, 0.5) is 4.39 Å². The van der Waals surface area contributed by atoms with Gasteiger partial charge in [0.15, 0.2) is 5.82 Å². The lowest BCUT2D eigenvalue weighted by atomic mass is 10.0. The van der Waals surface area contributed by atoms with Crippen molar-refractivity contribution < 1.29 is 9.18 Å². The Morgan fingerprint density at radius 2 is 2.35 bits per heavy atom. The number of nitrogens with zero attached hydrogens (tertiary/aromatic N) is 4. The zero-order valence-electron chi connectivity index (χ0n) is 10.8. The van der Waals surface area contributed by atoms with Gasteiger partial charge in [-0.3, -0.25) is 14.9 Å². The minimum Gasteiger partial charge on any atom is -0.328 e. The van der Waals surface area contributed by atoms with E-state index in [1.807, 2.05) is 0 Å². The van der Waals surface area contributed by atoms with Gasteiger partial charge in [-0.1, -0.05) is 0 Å². The first-order valence-electron chi connectivity index (χ1n) is 6.53. The molecule has 1 aliphatic heterocycles. The lowest BCUT2D eigenvalue weighted by Gasteiger charge is -2.34. The second-order valence-electron chi connectivity index (χ2n) is 4.74. The molecular formula is C13H14FN5O. The van der Waals surface area contributed by atoms with Crippen molar-refractivity contribution in [2.24, 2.45) is 0 Å². The molecule has 0 saturated carbocycles. The van der Waals surface area contributed by atoms with Crippen molar-refractivity contribution in [2.75, 3.05) is 6.54 Å². The summed E-state index contributed by atoms with van der Waals surface area (Å²) in [5, 5.41) is 6.62. The van der Waals surface area contributed by atoms with Gasteiger partial charge in [0, 0.05) is 12.7 Å². The fourth-order valence-corrected chi connectivity index (χ4v) is 2.54. The Balaban J connectivity index is 1.90. The van der Waals surface area contributed by atoms with Gasteiger partial charge in [0.1, 0.15) is 12.2 Å². The van der Waals surface area contributed by atoms with Crippen molar-refractivity contribution in [3.05, 3.63) is 42.0 Å². The summed E-state index contributed by atoms with van der Waals surface area (Å²) < 4.78 is 13.7.